The van der Waals surface area contributed by atoms with E-state index in [0.717, 1.165) is 33.5 Å². The van der Waals surface area contributed by atoms with E-state index in [4.69, 9.17) is 0 Å². The van der Waals surface area contributed by atoms with Gasteiger partial charge in [-0.1, -0.05) is 6.07 Å². The summed E-state index contributed by atoms with van der Waals surface area (Å²) in [7, 11) is 4.22. The summed E-state index contributed by atoms with van der Waals surface area (Å²) in [5.74, 6) is 1.01. The van der Waals surface area contributed by atoms with Crippen molar-refractivity contribution >= 4 is 16.7 Å². The third-order valence-corrected chi connectivity index (χ3v) is 5.71. The lowest BCUT2D eigenvalue weighted by molar-refractivity contribution is 0.351. The molecule has 1 aromatic carbocycles. The van der Waals surface area contributed by atoms with E-state index in [1.165, 1.54) is 25.7 Å². The first-order chi connectivity index (χ1) is 13.2. The van der Waals surface area contributed by atoms with Crippen LogP contribution in [0.1, 0.15) is 31.4 Å². The van der Waals surface area contributed by atoms with Gasteiger partial charge in [-0.2, -0.15) is 10.2 Å². The van der Waals surface area contributed by atoms with Crippen LogP contribution in [-0.2, 0) is 0 Å². The summed E-state index contributed by atoms with van der Waals surface area (Å²) < 4.78 is 0. The van der Waals surface area contributed by atoms with Crippen molar-refractivity contribution in [1.29, 1.82) is 0 Å². The molecule has 0 unspecified atom stereocenters. The van der Waals surface area contributed by atoms with E-state index in [9.17, 15) is 0 Å². The SMILES string of the molecule is CNC1CCC(N(C)c2ncnc3ccc(-c4cnnc(C)c4)cc23)CC1. The average Bonchev–Trinajstić information content (AvgIpc) is 2.72. The number of nitrogens with zero attached hydrogens (tertiary/aromatic N) is 5. The molecule has 140 valence electrons. The maximum atomic E-state index is 4.64. The molecule has 0 radical (unpaired) electrons. The minimum atomic E-state index is 0.515. The predicted molar refractivity (Wildman–Crippen MR) is 109 cm³/mol. The van der Waals surface area contributed by atoms with Crippen molar-refractivity contribution in [1.82, 2.24) is 25.5 Å². The molecule has 0 saturated heterocycles. The molecule has 0 atom stereocenters. The number of aryl methyl sites for hydroxylation is 1. The molecule has 1 aliphatic carbocycles. The summed E-state index contributed by atoms with van der Waals surface area (Å²) in [4.78, 5) is 11.5. The van der Waals surface area contributed by atoms with E-state index in [1.54, 1.807) is 12.5 Å². The Kier molecular flexibility index (Phi) is 4.99. The zero-order chi connectivity index (χ0) is 18.8. The van der Waals surface area contributed by atoms with Crippen molar-refractivity contribution in [3.8, 4) is 11.1 Å². The Morgan fingerprint density at radius 2 is 1.85 bits per heavy atom. The quantitative estimate of drug-likeness (QED) is 0.768. The minimum Gasteiger partial charge on any atom is -0.356 e. The van der Waals surface area contributed by atoms with E-state index in [2.05, 4.69) is 68.7 Å². The summed E-state index contributed by atoms with van der Waals surface area (Å²) >= 11 is 0. The number of aromatic nitrogens is 4. The van der Waals surface area contributed by atoms with Crippen LogP contribution in [0.4, 0.5) is 5.82 Å². The summed E-state index contributed by atoms with van der Waals surface area (Å²) in [6.07, 6.45) is 8.26. The molecule has 1 N–H and O–H groups in total. The van der Waals surface area contributed by atoms with Crippen LogP contribution >= 0.6 is 0 Å². The highest BCUT2D eigenvalue weighted by atomic mass is 15.2. The fourth-order valence-corrected chi connectivity index (χ4v) is 4.06. The molecule has 1 aliphatic rings. The molecular weight excluding hydrogens is 336 g/mol. The molecule has 0 amide bonds. The highest BCUT2D eigenvalue weighted by Gasteiger charge is 2.25. The van der Waals surface area contributed by atoms with Gasteiger partial charge in [0.25, 0.3) is 0 Å². The van der Waals surface area contributed by atoms with Crippen molar-refractivity contribution < 1.29 is 0 Å². The second-order valence-electron chi connectivity index (χ2n) is 7.42. The van der Waals surface area contributed by atoms with E-state index >= 15 is 0 Å². The number of benzene rings is 1. The Morgan fingerprint density at radius 3 is 2.59 bits per heavy atom. The third kappa shape index (κ3) is 3.62. The maximum absolute atomic E-state index is 4.64. The molecule has 0 spiro atoms. The maximum Gasteiger partial charge on any atom is 0.139 e. The van der Waals surface area contributed by atoms with Gasteiger partial charge >= 0.3 is 0 Å². The van der Waals surface area contributed by atoms with Crippen LogP contribution in [-0.4, -0.2) is 46.3 Å². The average molecular weight is 362 g/mol. The van der Waals surface area contributed by atoms with Gasteiger partial charge in [0, 0.05) is 30.1 Å². The second kappa shape index (κ2) is 7.56. The second-order valence-corrected chi connectivity index (χ2v) is 7.42. The summed E-state index contributed by atoms with van der Waals surface area (Å²) in [6, 6.07) is 9.55. The van der Waals surface area contributed by atoms with Crippen molar-refractivity contribution in [3.63, 3.8) is 0 Å². The van der Waals surface area contributed by atoms with E-state index < -0.39 is 0 Å². The molecule has 27 heavy (non-hydrogen) atoms. The lowest BCUT2D eigenvalue weighted by atomic mass is 9.90. The van der Waals surface area contributed by atoms with Crippen LogP contribution in [0.15, 0.2) is 36.8 Å². The summed E-state index contributed by atoms with van der Waals surface area (Å²) in [6.45, 7) is 1.96. The van der Waals surface area contributed by atoms with Crippen LogP contribution in [0.2, 0.25) is 0 Å². The lowest BCUT2D eigenvalue weighted by Gasteiger charge is -2.35. The number of nitrogens with one attached hydrogen (secondary N) is 1. The smallest absolute Gasteiger partial charge is 0.139 e. The van der Waals surface area contributed by atoms with Gasteiger partial charge in [0.15, 0.2) is 0 Å². The minimum absolute atomic E-state index is 0.515. The molecule has 0 bridgehead atoms. The van der Waals surface area contributed by atoms with Gasteiger partial charge in [0.1, 0.15) is 12.1 Å². The number of anilines is 1. The molecule has 1 saturated carbocycles. The summed E-state index contributed by atoms with van der Waals surface area (Å²) in [5.41, 5.74) is 4.06. The van der Waals surface area contributed by atoms with Gasteiger partial charge in [0.2, 0.25) is 0 Å². The standard InChI is InChI=1S/C21H26N6/c1-14-10-16(12-25-26-14)15-4-9-20-19(11-15)21(24-13-23-20)27(3)18-7-5-17(22-2)6-8-18/h4,9-13,17-18,22H,5-8H2,1-3H3. The molecule has 6 heteroatoms. The molecule has 0 aliphatic heterocycles. The molecule has 2 heterocycles. The first kappa shape index (κ1) is 17.8. The Balaban J connectivity index is 1.69. The van der Waals surface area contributed by atoms with Gasteiger partial charge in [-0.3, -0.25) is 0 Å². The van der Waals surface area contributed by atoms with Gasteiger partial charge < -0.3 is 10.2 Å². The Bertz CT molecular complexity index is 933. The van der Waals surface area contributed by atoms with E-state index in [1.807, 2.05) is 6.92 Å². The van der Waals surface area contributed by atoms with Crippen molar-refractivity contribution in [3.05, 3.63) is 42.5 Å². The van der Waals surface area contributed by atoms with E-state index in [-0.39, 0.29) is 0 Å². The Hall–Kier alpha value is -2.60. The van der Waals surface area contributed by atoms with Gasteiger partial charge in [0.05, 0.1) is 17.4 Å². The van der Waals surface area contributed by atoms with Crippen molar-refractivity contribution in [2.24, 2.45) is 0 Å². The molecule has 6 nitrogen and oxygen atoms in total. The number of hydrogen-bond donors (Lipinski definition) is 1. The normalized spacial score (nSPS) is 20.0. The van der Waals surface area contributed by atoms with Gasteiger partial charge in [-0.15, -0.1) is 0 Å². The highest BCUT2D eigenvalue weighted by Crippen LogP contribution is 2.31. The highest BCUT2D eigenvalue weighted by molar-refractivity contribution is 5.92. The van der Waals surface area contributed by atoms with Crippen LogP contribution in [0.5, 0.6) is 0 Å². The monoisotopic (exact) mass is 362 g/mol. The van der Waals surface area contributed by atoms with E-state index in [0.29, 0.717) is 12.1 Å². The predicted octanol–water partition coefficient (Wildman–Crippen LogP) is 3.36. The molecule has 2 aromatic heterocycles. The van der Waals surface area contributed by atoms with Crippen LogP contribution < -0.4 is 10.2 Å². The number of rotatable bonds is 4. The fourth-order valence-electron chi connectivity index (χ4n) is 4.06. The topological polar surface area (TPSA) is 66.8 Å². The Labute approximate surface area is 160 Å². The van der Waals surface area contributed by atoms with Crippen molar-refractivity contribution in [2.75, 3.05) is 19.0 Å². The summed E-state index contributed by atoms with van der Waals surface area (Å²) in [5, 5.41) is 12.6. The first-order valence-corrected chi connectivity index (χ1v) is 9.60. The third-order valence-electron chi connectivity index (χ3n) is 5.71. The molecule has 3 aromatic rings. The first-order valence-electron chi connectivity index (χ1n) is 9.60. The van der Waals surface area contributed by atoms with Gasteiger partial charge in [-0.05, 0) is 63.4 Å². The Morgan fingerprint density at radius 1 is 1.04 bits per heavy atom. The fraction of sp³-hybridized carbons (Fsp3) is 0.429. The largest absolute Gasteiger partial charge is 0.356 e. The number of fused-ring (bicyclic) bond motifs is 1. The molecule has 1 fully saturated rings. The number of hydrogen-bond acceptors (Lipinski definition) is 6. The molecule has 4 rings (SSSR count). The zero-order valence-electron chi connectivity index (χ0n) is 16.2. The molecular formula is C21H26N6. The zero-order valence-corrected chi connectivity index (χ0v) is 16.2. The van der Waals surface area contributed by atoms with Crippen LogP contribution in [0.3, 0.4) is 0 Å². The van der Waals surface area contributed by atoms with Crippen molar-refractivity contribution in [2.45, 2.75) is 44.7 Å². The lowest BCUT2D eigenvalue weighted by Crippen LogP contribution is -2.40. The van der Waals surface area contributed by atoms with Gasteiger partial charge in [-0.25, -0.2) is 9.97 Å². The van der Waals surface area contributed by atoms with Crippen LogP contribution in [0, 0.1) is 6.92 Å². The van der Waals surface area contributed by atoms with Crippen LogP contribution in [0.25, 0.3) is 22.0 Å².